The van der Waals surface area contributed by atoms with E-state index in [0.29, 0.717) is 19.4 Å². The molecule has 1 fully saturated rings. The maximum Gasteiger partial charge on any atom is 0.246 e. The van der Waals surface area contributed by atoms with Gasteiger partial charge in [0.15, 0.2) is 0 Å². The predicted molar refractivity (Wildman–Crippen MR) is 72.2 cm³/mol. The summed E-state index contributed by atoms with van der Waals surface area (Å²) in [5.41, 5.74) is 1.59. The third-order valence-corrected chi connectivity index (χ3v) is 4.06. The number of rotatable bonds is 4. The molecule has 5 heteroatoms. The summed E-state index contributed by atoms with van der Waals surface area (Å²) in [6.45, 7) is 7.83. The van der Waals surface area contributed by atoms with Gasteiger partial charge in [0.25, 0.3) is 0 Å². The van der Waals surface area contributed by atoms with Crippen LogP contribution in [0.2, 0.25) is 0 Å². The lowest BCUT2D eigenvalue weighted by molar-refractivity contribution is -0.157. The van der Waals surface area contributed by atoms with E-state index in [0.717, 1.165) is 5.57 Å². The van der Waals surface area contributed by atoms with Gasteiger partial charge in [0, 0.05) is 12.1 Å². The quantitative estimate of drug-likeness (QED) is 0.851. The SMILES string of the molecule is CCC1(CC)C(=O)NC(C)C(=O)N1CC(C)=CCl. The van der Waals surface area contributed by atoms with Gasteiger partial charge in [0.05, 0.1) is 0 Å². The summed E-state index contributed by atoms with van der Waals surface area (Å²) in [5, 5.41) is 2.76. The van der Waals surface area contributed by atoms with E-state index in [9.17, 15) is 9.59 Å². The molecule has 1 N–H and O–H groups in total. The van der Waals surface area contributed by atoms with Gasteiger partial charge in [-0.1, -0.05) is 25.4 Å². The van der Waals surface area contributed by atoms with Gasteiger partial charge < -0.3 is 10.2 Å². The van der Waals surface area contributed by atoms with Crippen LogP contribution in [0.3, 0.4) is 0 Å². The molecule has 1 unspecified atom stereocenters. The number of nitrogens with one attached hydrogen (secondary N) is 1. The maximum atomic E-state index is 12.3. The minimum Gasteiger partial charge on any atom is -0.343 e. The Morgan fingerprint density at radius 1 is 1.44 bits per heavy atom. The van der Waals surface area contributed by atoms with Crippen LogP contribution < -0.4 is 5.32 Å². The van der Waals surface area contributed by atoms with Gasteiger partial charge in [-0.25, -0.2) is 0 Å². The zero-order chi connectivity index (χ0) is 13.9. The van der Waals surface area contributed by atoms with Crippen molar-refractivity contribution in [1.29, 1.82) is 0 Å². The Hall–Kier alpha value is -1.03. The molecule has 0 saturated carbocycles. The van der Waals surface area contributed by atoms with Gasteiger partial charge >= 0.3 is 0 Å². The van der Waals surface area contributed by atoms with Crippen LogP contribution in [0, 0.1) is 0 Å². The Morgan fingerprint density at radius 2 is 2.00 bits per heavy atom. The summed E-state index contributed by atoms with van der Waals surface area (Å²) < 4.78 is 0. The summed E-state index contributed by atoms with van der Waals surface area (Å²) in [7, 11) is 0. The monoisotopic (exact) mass is 272 g/mol. The van der Waals surface area contributed by atoms with E-state index < -0.39 is 11.6 Å². The molecule has 2 amide bonds. The second-order valence-electron chi connectivity index (χ2n) is 4.81. The Balaban J connectivity index is 3.16. The molecule has 1 aliphatic rings. The summed E-state index contributed by atoms with van der Waals surface area (Å²) in [6.07, 6.45) is 1.20. The average molecular weight is 273 g/mol. The van der Waals surface area contributed by atoms with Crippen molar-refractivity contribution >= 4 is 23.4 Å². The first-order valence-electron chi connectivity index (χ1n) is 6.31. The molecule has 1 rings (SSSR count). The lowest BCUT2D eigenvalue weighted by Gasteiger charge is -2.47. The van der Waals surface area contributed by atoms with Crippen molar-refractivity contribution in [2.45, 2.75) is 52.1 Å². The van der Waals surface area contributed by atoms with Crippen LogP contribution >= 0.6 is 11.6 Å². The fourth-order valence-corrected chi connectivity index (χ4v) is 2.49. The highest BCUT2D eigenvalue weighted by atomic mass is 35.5. The standard InChI is InChI=1S/C13H21ClN2O2/c1-5-13(6-2)12(18)15-10(4)11(17)16(13)8-9(3)7-14/h7,10H,5-6,8H2,1-4H3,(H,15,18). The fourth-order valence-electron chi connectivity index (χ4n) is 2.43. The van der Waals surface area contributed by atoms with Gasteiger partial charge in [-0.15, -0.1) is 0 Å². The summed E-state index contributed by atoms with van der Waals surface area (Å²) in [5.74, 6) is -0.113. The lowest BCUT2D eigenvalue weighted by atomic mass is 9.85. The predicted octanol–water partition coefficient (Wildman–Crippen LogP) is 2.03. The molecule has 0 aromatic rings. The zero-order valence-electron chi connectivity index (χ0n) is 11.4. The second kappa shape index (κ2) is 5.74. The van der Waals surface area contributed by atoms with Gasteiger partial charge in [-0.3, -0.25) is 9.59 Å². The van der Waals surface area contributed by atoms with Gasteiger partial charge in [0.2, 0.25) is 11.8 Å². The van der Waals surface area contributed by atoms with Crippen LogP contribution in [-0.2, 0) is 9.59 Å². The number of piperazine rings is 1. The first kappa shape index (κ1) is 15.0. The van der Waals surface area contributed by atoms with Crippen LogP contribution in [0.25, 0.3) is 0 Å². The number of amides is 2. The Labute approximate surface area is 113 Å². The van der Waals surface area contributed by atoms with Crippen molar-refractivity contribution in [3.05, 3.63) is 11.1 Å². The summed E-state index contributed by atoms with van der Waals surface area (Å²) in [6, 6.07) is -0.466. The highest BCUT2D eigenvalue weighted by molar-refractivity contribution is 6.25. The topological polar surface area (TPSA) is 49.4 Å². The molecule has 0 bridgehead atoms. The molecule has 1 aliphatic heterocycles. The number of hydrogen-bond acceptors (Lipinski definition) is 2. The van der Waals surface area contributed by atoms with Crippen molar-refractivity contribution < 1.29 is 9.59 Å². The van der Waals surface area contributed by atoms with Crippen molar-refractivity contribution in [2.75, 3.05) is 6.54 Å². The molecule has 1 atom stereocenters. The normalized spacial score (nSPS) is 24.2. The molecule has 0 aliphatic carbocycles. The maximum absolute atomic E-state index is 12.3. The van der Waals surface area contributed by atoms with Crippen LogP contribution in [0.4, 0.5) is 0 Å². The number of hydrogen-bond donors (Lipinski definition) is 1. The minimum absolute atomic E-state index is 0.0452. The number of carbonyl (C=O) groups is 2. The highest BCUT2D eigenvalue weighted by Gasteiger charge is 2.48. The summed E-state index contributed by atoms with van der Waals surface area (Å²) >= 11 is 5.67. The van der Waals surface area contributed by atoms with Crippen LogP contribution in [-0.4, -0.2) is 34.8 Å². The Bertz CT molecular complexity index is 375. The van der Waals surface area contributed by atoms with E-state index in [2.05, 4.69) is 5.32 Å². The number of carbonyl (C=O) groups excluding carboxylic acids is 2. The molecule has 4 nitrogen and oxygen atoms in total. The molecule has 0 aromatic heterocycles. The highest BCUT2D eigenvalue weighted by Crippen LogP contribution is 2.29. The Morgan fingerprint density at radius 3 is 2.44 bits per heavy atom. The first-order valence-corrected chi connectivity index (χ1v) is 6.74. The van der Waals surface area contributed by atoms with Crippen molar-refractivity contribution in [3.8, 4) is 0 Å². The Kier molecular flexibility index (Phi) is 4.79. The third kappa shape index (κ3) is 2.39. The smallest absolute Gasteiger partial charge is 0.246 e. The first-order chi connectivity index (χ1) is 8.42. The molecule has 102 valence electrons. The van der Waals surface area contributed by atoms with E-state index in [1.54, 1.807) is 11.8 Å². The largest absolute Gasteiger partial charge is 0.343 e. The third-order valence-electron chi connectivity index (χ3n) is 3.69. The van der Waals surface area contributed by atoms with E-state index in [1.807, 2.05) is 20.8 Å². The minimum atomic E-state index is -0.745. The summed E-state index contributed by atoms with van der Waals surface area (Å²) in [4.78, 5) is 26.2. The molecule has 1 saturated heterocycles. The molecule has 0 radical (unpaired) electrons. The molecule has 18 heavy (non-hydrogen) atoms. The molecular formula is C13H21ClN2O2. The molecule has 0 aromatic carbocycles. The zero-order valence-corrected chi connectivity index (χ0v) is 12.2. The van der Waals surface area contributed by atoms with Gasteiger partial charge in [-0.2, -0.15) is 0 Å². The molecular weight excluding hydrogens is 252 g/mol. The van der Waals surface area contributed by atoms with Crippen LogP contribution in [0.5, 0.6) is 0 Å². The second-order valence-corrected chi connectivity index (χ2v) is 5.03. The van der Waals surface area contributed by atoms with Gasteiger partial charge in [-0.05, 0) is 32.3 Å². The number of halogens is 1. The van der Waals surface area contributed by atoms with E-state index in [1.165, 1.54) is 5.54 Å². The van der Waals surface area contributed by atoms with Crippen LogP contribution in [0.15, 0.2) is 11.1 Å². The van der Waals surface area contributed by atoms with E-state index >= 15 is 0 Å². The van der Waals surface area contributed by atoms with E-state index in [4.69, 9.17) is 11.6 Å². The number of nitrogens with zero attached hydrogens (tertiary/aromatic N) is 1. The van der Waals surface area contributed by atoms with Crippen LogP contribution in [0.1, 0.15) is 40.5 Å². The molecule has 0 spiro atoms. The van der Waals surface area contributed by atoms with Gasteiger partial charge in [0.1, 0.15) is 11.6 Å². The lowest BCUT2D eigenvalue weighted by Crippen LogP contribution is -2.69. The fraction of sp³-hybridized carbons (Fsp3) is 0.692. The van der Waals surface area contributed by atoms with E-state index in [-0.39, 0.29) is 11.8 Å². The van der Waals surface area contributed by atoms with Crippen molar-refractivity contribution in [2.24, 2.45) is 0 Å². The van der Waals surface area contributed by atoms with Crippen molar-refractivity contribution in [1.82, 2.24) is 10.2 Å². The molecule has 1 heterocycles. The van der Waals surface area contributed by atoms with Crippen molar-refractivity contribution in [3.63, 3.8) is 0 Å². The average Bonchev–Trinajstić information content (AvgIpc) is 2.36.